The average Bonchev–Trinajstić information content (AvgIpc) is 2.57. The van der Waals surface area contributed by atoms with Gasteiger partial charge in [0.15, 0.2) is 5.78 Å². The quantitative estimate of drug-likeness (QED) is 0.621. The van der Waals surface area contributed by atoms with Gasteiger partial charge in [-0.3, -0.25) is 4.79 Å². The van der Waals surface area contributed by atoms with Crippen molar-refractivity contribution in [2.45, 2.75) is 12.8 Å². The van der Waals surface area contributed by atoms with Crippen molar-refractivity contribution in [2.75, 3.05) is 0 Å². The zero-order valence-electron chi connectivity index (χ0n) is 12.4. The molecule has 3 aromatic rings. The molecule has 0 fully saturated rings. The summed E-state index contributed by atoms with van der Waals surface area (Å²) in [6, 6.07) is 28.1. The van der Waals surface area contributed by atoms with E-state index in [0.717, 1.165) is 23.1 Å². The van der Waals surface area contributed by atoms with Crippen LogP contribution in [0.3, 0.4) is 0 Å². The molecule has 0 aromatic heterocycles. The van der Waals surface area contributed by atoms with E-state index in [-0.39, 0.29) is 5.78 Å². The molecule has 0 radical (unpaired) electrons. The lowest BCUT2D eigenvalue weighted by Crippen LogP contribution is -2.07. The van der Waals surface area contributed by atoms with Crippen LogP contribution in [-0.4, -0.2) is 5.78 Å². The second-order valence-corrected chi connectivity index (χ2v) is 5.41. The molecule has 0 aliphatic rings. The smallest absolute Gasteiger partial charge is 0.167 e. The molecule has 0 heterocycles. The third-order valence-electron chi connectivity index (χ3n) is 3.76. The monoisotopic (exact) mass is 286 g/mol. The first-order valence-electron chi connectivity index (χ1n) is 7.52. The van der Waals surface area contributed by atoms with E-state index in [1.165, 1.54) is 5.56 Å². The minimum Gasteiger partial charge on any atom is -0.294 e. The molecule has 3 aromatic carbocycles. The number of rotatable bonds is 5. The number of hydrogen-bond acceptors (Lipinski definition) is 1. The fourth-order valence-electron chi connectivity index (χ4n) is 2.64. The van der Waals surface area contributed by atoms with Crippen molar-refractivity contribution >= 4 is 5.78 Å². The highest BCUT2D eigenvalue weighted by molar-refractivity contribution is 5.98. The molecule has 0 bridgehead atoms. The molecule has 0 saturated carbocycles. The van der Waals surface area contributed by atoms with Crippen molar-refractivity contribution in [1.82, 2.24) is 0 Å². The van der Waals surface area contributed by atoms with Gasteiger partial charge in [-0.1, -0.05) is 84.9 Å². The predicted molar refractivity (Wildman–Crippen MR) is 90.2 cm³/mol. The molecule has 0 atom stereocenters. The van der Waals surface area contributed by atoms with Gasteiger partial charge >= 0.3 is 0 Å². The zero-order chi connectivity index (χ0) is 15.2. The van der Waals surface area contributed by atoms with Crippen LogP contribution in [0.1, 0.15) is 27.0 Å². The highest BCUT2D eigenvalue weighted by atomic mass is 16.1. The lowest BCUT2D eigenvalue weighted by atomic mass is 9.94. The van der Waals surface area contributed by atoms with Gasteiger partial charge in [-0.05, 0) is 23.1 Å². The van der Waals surface area contributed by atoms with E-state index in [1.54, 1.807) is 0 Å². The number of carbonyl (C=O) groups is 1. The van der Waals surface area contributed by atoms with E-state index < -0.39 is 0 Å². The van der Waals surface area contributed by atoms with Gasteiger partial charge in [0.2, 0.25) is 0 Å². The molecule has 0 spiro atoms. The SMILES string of the molecule is O=C(Cc1ccccc1)c1ccccc1Cc1ccccc1. The summed E-state index contributed by atoms with van der Waals surface area (Å²) >= 11 is 0. The summed E-state index contributed by atoms with van der Waals surface area (Å²) in [4.78, 5) is 12.6. The molecule has 1 nitrogen and oxygen atoms in total. The van der Waals surface area contributed by atoms with Crippen LogP contribution in [0, 0.1) is 0 Å². The number of carbonyl (C=O) groups excluding carboxylic acids is 1. The molecule has 22 heavy (non-hydrogen) atoms. The van der Waals surface area contributed by atoms with E-state index in [9.17, 15) is 4.79 Å². The standard InChI is InChI=1S/C21H18O/c22-21(16-18-11-5-2-6-12-18)20-14-8-7-13-19(20)15-17-9-3-1-4-10-17/h1-14H,15-16H2. The largest absolute Gasteiger partial charge is 0.294 e. The third-order valence-corrected chi connectivity index (χ3v) is 3.76. The van der Waals surface area contributed by atoms with E-state index in [4.69, 9.17) is 0 Å². The van der Waals surface area contributed by atoms with Crippen molar-refractivity contribution in [1.29, 1.82) is 0 Å². The topological polar surface area (TPSA) is 17.1 Å². The second kappa shape index (κ2) is 6.86. The fraction of sp³-hybridized carbons (Fsp3) is 0.0952. The minimum atomic E-state index is 0.178. The number of benzene rings is 3. The first-order chi connectivity index (χ1) is 10.8. The van der Waals surface area contributed by atoms with Crippen molar-refractivity contribution in [3.05, 3.63) is 107 Å². The van der Waals surface area contributed by atoms with E-state index >= 15 is 0 Å². The molecule has 0 amide bonds. The Hall–Kier alpha value is -2.67. The molecule has 0 aliphatic carbocycles. The summed E-state index contributed by atoms with van der Waals surface area (Å²) in [6.45, 7) is 0. The van der Waals surface area contributed by atoms with Crippen LogP contribution < -0.4 is 0 Å². The van der Waals surface area contributed by atoms with Gasteiger partial charge in [0, 0.05) is 12.0 Å². The molecule has 0 saturated heterocycles. The summed E-state index contributed by atoms with van der Waals surface area (Å²) in [6.07, 6.45) is 1.24. The van der Waals surface area contributed by atoms with Gasteiger partial charge in [-0.2, -0.15) is 0 Å². The Balaban J connectivity index is 1.83. The maximum absolute atomic E-state index is 12.6. The summed E-state index contributed by atoms with van der Waals surface area (Å²) in [5.41, 5.74) is 4.20. The van der Waals surface area contributed by atoms with Crippen LogP contribution in [-0.2, 0) is 12.8 Å². The second-order valence-electron chi connectivity index (χ2n) is 5.41. The van der Waals surface area contributed by atoms with Crippen molar-refractivity contribution in [2.24, 2.45) is 0 Å². The number of hydrogen-bond donors (Lipinski definition) is 0. The van der Waals surface area contributed by atoms with E-state index in [2.05, 4.69) is 12.1 Å². The first kappa shape index (κ1) is 14.3. The van der Waals surface area contributed by atoms with Gasteiger partial charge in [0.25, 0.3) is 0 Å². The van der Waals surface area contributed by atoms with Crippen LogP contribution in [0.4, 0.5) is 0 Å². The molecule has 108 valence electrons. The molecule has 0 aliphatic heterocycles. The maximum Gasteiger partial charge on any atom is 0.167 e. The Labute approximate surface area is 131 Å². The van der Waals surface area contributed by atoms with Gasteiger partial charge < -0.3 is 0 Å². The Morgan fingerprint density at radius 1 is 0.636 bits per heavy atom. The van der Waals surface area contributed by atoms with Gasteiger partial charge in [-0.15, -0.1) is 0 Å². The van der Waals surface area contributed by atoms with Crippen molar-refractivity contribution in [3.8, 4) is 0 Å². The number of Topliss-reactive ketones (excluding diaryl/α,β-unsaturated/α-hetero) is 1. The lowest BCUT2D eigenvalue weighted by Gasteiger charge is -2.09. The van der Waals surface area contributed by atoms with Crippen LogP contribution in [0.2, 0.25) is 0 Å². The van der Waals surface area contributed by atoms with Crippen LogP contribution in [0.15, 0.2) is 84.9 Å². The van der Waals surface area contributed by atoms with Crippen molar-refractivity contribution < 1.29 is 4.79 Å². The number of ketones is 1. The minimum absolute atomic E-state index is 0.178. The summed E-state index contributed by atoms with van der Waals surface area (Å²) in [5.74, 6) is 0.178. The fourth-order valence-corrected chi connectivity index (χ4v) is 2.64. The van der Waals surface area contributed by atoms with Crippen LogP contribution in [0.25, 0.3) is 0 Å². The van der Waals surface area contributed by atoms with E-state index in [1.807, 2.05) is 72.8 Å². The average molecular weight is 286 g/mol. The summed E-state index contributed by atoms with van der Waals surface area (Å²) in [7, 11) is 0. The molecule has 0 N–H and O–H groups in total. The van der Waals surface area contributed by atoms with Gasteiger partial charge in [0.1, 0.15) is 0 Å². The molecule has 0 unspecified atom stereocenters. The zero-order valence-corrected chi connectivity index (χ0v) is 12.4. The maximum atomic E-state index is 12.6. The van der Waals surface area contributed by atoms with E-state index in [0.29, 0.717) is 6.42 Å². The normalized spacial score (nSPS) is 10.4. The lowest BCUT2D eigenvalue weighted by molar-refractivity contribution is 0.0992. The van der Waals surface area contributed by atoms with Gasteiger partial charge in [0.05, 0.1) is 0 Å². The summed E-state index contributed by atoms with van der Waals surface area (Å²) < 4.78 is 0. The Bertz CT molecular complexity index is 745. The van der Waals surface area contributed by atoms with Gasteiger partial charge in [-0.25, -0.2) is 0 Å². The summed E-state index contributed by atoms with van der Waals surface area (Å²) in [5, 5.41) is 0. The van der Waals surface area contributed by atoms with Crippen molar-refractivity contribution in [3.63, 3.8) is 0 Å². The molecular weight excluding hydrogens is 268 g/mol. The Morgan fingerprint density at radius 3 is 1.86 bits per heavy atom. The molecule has 3 rings (SSSR count). The third kappa shape index (κ3) is 3.50. The Morgan fingerprint density at radius 2 is 1.18 bits per heavy atom. The van der Waals surface area contributed by atoms with Crippen LogP contribution >= 0.6 is 0 Å². The Kier molecular flexibility index (Phi) is 4.45. The van der Waals surface area contributed by atoms with Crippen LogP contribution in [0.5, 0.6) is 0 Å². The highest BCUT2D eigenvalue weighted by Gasteiger charge is 2.11. The molecular formula is C21H18O. The first-order valence-corrected chi connectivity index (χ1v) is 7.52. The predicted octanol–water partition coefficient (Wildman–Crippen LogP) is 4.70. The highest BCUT2D eigenvalue weighted by Crippen LogP contribution is 2.17. The molecule has 1 heteroatoms.